The van der Waals surface area contributed by atoms with Gasteiger partial charge in [0.15, 0.2) is 0 Å². The number of nitrogens with zero attached hydrogens (tertiary/aromatic N) is 1. The summed E-state index contributed by atoms with van der Waals surface area (Å²) >= 11 is -2.40. The van der Waals surface area contributed by atoms with Gasteiger partial charge in [-0.05, 0) is 12.8 Å². The molecule has 72 valence electrons. The number of rotatable bonds is 2. The van der Waals surface area contributed by atoms with Crippen molar-refractivity contribution in [3.63, 3.8) is 0 Å². The van der Waals surface area contributed by atoms with E-state index in [-0.39, 0.29) is 0 Å². The van der Waals surface area contributed by atoms with Gasteiger partial charge in [-0.15, -0.1) is 0 Å². The Labute approximate surface area is 75.3 Å². The number of hydrogen-bond donors (Lipinski definition) is 0. The maximum atomic E-state index is 10.2. The Bertz CT molecular complexity index is 146. The minimum absolute atomic E-state index is 0.730. The second-order valence-electron chi connectivity index (χ2n) is 2.98. The van der Waals surface area contributed by atoms with E-state index in [1.165, 1.54) is 24.3 Å². The smallest absolute Gasteiger partial charge is 0.106 e. The van der Waals surface area contributed by atoms with Crippen molar-refractivity contribution in [2.45, 2.75) is 32.1 Å². The molecule has 0 aromatic rings. The standard InChI is InChI=1S/C7H15NO3S/c9-12(10)11-8-6-4-2-1-3-5-7-8/h1-7H2,(H,9,10)/p-1. The summed E-state index contributed by atoms with van der Waals surface area (Å²) in [4.78, 5) is 0. The van der Waals surface area contributed by atoms with E-state index in [2.05, 4.69) is 4.28 Å². The minimum atomic E-state index is -2.40. The third kappa shape index (κ3) is 4.15. The molecule has 1 aliphatic heterocycles. The van der Waals surface area contributed by atoms with E-state index in [0.717, 1.165) is 25.9 Å². The maximum Gasteiger partial charge on any atom is 0.106 e. The number of hydrogen-bond acceptors (Lipinski definition) is 4. The first-order chi connectivity index (χ1) is 5.79. The van der Waals surface area contributed by atoms with Gasteiger partial charge in [0, 0.05) is 13.1 Å². The quantitative estimate of drug-likeness (QED) is 0.612. The molecule has 1 unspecified atom stereocenters. The predicted molar refractivity (Wildman–Crippen MR) is 44.7 cm³/mol. The summed E-state index contributed by atoms with van der Waals surface area (Å²) in [5.74, 6) is 0. The lowest BCUT2D eigenvalue weighted by atomic mass is 10.1. The van der Waals surface area contributed by atoms with E-state index in [0.29, 0.717) is 0 Å². The lowest BCUT2D eigenvalue weighted by molar-refractivity contribution is -0.0586. The molecule has 1 fully saturated rings. The van der Waals surface area contributed by atoms with Gasteiger partial charge in [-0.2, -0.15) is 5.06 Å². The molecule has 1 aliphatic rings. The van der Waals surface area contributed by atoms with Crippen LogP contribution in [0.2, 0.25) is 0 Å². The van der Waals surface area contributed by atoms with Crippen LogP contribution < -0.4 is 0 Å². The first-order valence-electron chi connectivity index (χ1n) is 4.32. The Morgan fingerprint density at radius 1 is 1.08 bits per heavy atom. The maximum absolute atomic E-state index is 10.2. The van der Waals surface area contributed by atoms with E-state index in [1.54, 1.807) is 0 Å². The highest BCUT2D eigenvalue weighted by atomic mass is 32.2. The van der Waals surface area contributed by atoms with Gasteiger partial charge in [-0.25, -0.2) is 8.49 Å². The monoisotopic (exact) mass is 192 g/mol. The van der Waals surface area contributed by atoms with Gasteiger partial charge in [0.1, 0.15) is 11.4 Å². The molecule has 1 rings (SSSR count). The SMILES string of the molecule is O=S([O-])ON1CCCCCCC1. The van der Waals surface area contributed by atoms with Crippen molar-refractivity contribution >= 4 is 11.4 Å². The number of hydroxylamine groups is 2. The average molecular weight is 192 g/mol. The van der Waals surface area contributed by atoms with E-state index < -0.39 is 11.4 Å². The molecule has 0 amide bonds. The fraction of sp³-hybridized carbons (Fsp3) is 1.00. The lowest BCUT2D eigenvalue weighted by Crippen LogP contribution is -2.28. The molecule has 1 saturated heterocycles. The molecule has 12 heavy (non-hydrogen) atoms. The highest BCUT2D eigenvalue weighted by molar-refractivity contribution is 7.74. The summed E-state index contributed by atoms with van der Waals surface area (Å²) in [5.41, 5.74) is 0. The summed E-state index contributed by atoms with van der Waals surface area (Å²) in [6, 6.07) is 0. The molecule has 0 N–H and O–H groups in total. The van der Waals surface area contributed by atoms with Crippen LogP contribution in [0.25, 0.3) is 0 Å². The first-order valence-corrected chi connectivity index (χ1v) is 5.32. The second-order valence-corrected chi connectivity index (χ2v) is 3.53. The fourth-order valence-electron chi connectivity index (χ4n) is 1.38. The fourth-order valence-corrected chi connectivity index (χ4v) is 1.70. The first kappa shape index (κ1) is 10.1. The Kier molecular flexibility index (Phi) is 4.75. The highest BCUT2D eigenvalue weighted by Crippen LogP contribution is 2.10. The molecule has 0 aromatic heterocycles. The van der Waals surface area contributed by atoms with Crippen LogP contribution in [0.4, 0.5) is 0 Å². The summed E-state index contributed by atoms with van der Waals surface area (Å²) in [7, 11) is 0. The third-order valence-electron chi connectivity index (χ3n) is 1.98. The van der Waals surface area contributed by atoms with Crippen LogP contribution in [0, 0.1) is 0 Å². The molecular formula is C7H14NO3S-. The third-order valence-corrected chi connectivity index (χ3v) is 2.31. The molecule has 0 saturated carbocycles. The second kappa shape index (κ2) is 5.64. The van der Waals surface area contributed by atoms with E-state index in [4.69, 9.17) is 0 Å². The van der Waals surface area contributed by atoms with Gasteiger partial charge < -0.3 is 4.55 Å². The van der Waals surface area contributed by atoms with Gasteiger partial charge >= 0.3 is 0 Å². The molecule has 5 heteroatoms. The summed E-state index contributed by atoms with van der Waals surface area (Å²) < 4.78 is 25.0. The van der Waals surface area contributed by atoms with Gasteiger partial charge in [-0.3, -0.25) is 0 Å². The molecular weight excluding hydrogens is 178 g/mol. The van der Waals surface area contributed by atoms with Crippen molar-refractivity contribution in [3.8, 4) is 0 Å². The molecule has 0 aliphatic carbocycles. The van der Waals surface area contributed by atoms with Crippen LogP contribution in [0.5, 0.6) is 0 Å². The molecule has 0 radical (unpaired) electrons. The zero-order valence-electron chi connectivity index (χ0n) is 7.03. The van der Waals surface area contributed by atoms with Crippen molar-refractivity contribution in [3.05, 3.63) is 0 Å². The minimum Gasteiger partial charge on any atom is -0.748 e. The van der Waals surface area contributed by atoms with E-state index in [1.807, 2.05) is 0 Å². The van der Waals surface area contributed by atoms with Crippen LogP contribution in [0.3, 0.4) is 0 Å². The van der Waals surface area contributed by atoms with Crippen molar-refractivity contribution < 1.29 is 13.0 Å². The zero-order chi connectivity index (χ0) is 8.81. The van der Waals surface area contributed by atoms with Gasteiger partial charge in [0.25, 0.3) is 0 Å². The van der Waals surface area contributed by atoms with Crippen LogP contribution in [-0.4, -0.2) is 26.9 Å². The Balaban J connectivity index is 2.24. The van der Waals surface area contributed by atoms with Crippen molar-refractivity contribution in [2.24, 2.45) is 0 Å². The molecule has 0 bridgehead atoms. The molecule has 1 heterocycles. The van der Waals surface area contributed by atoms with E-state index in [9.17, 15) is 8.76 Å². The Morgan fingerprint density at radius 3 is 2.08 bits per heavy atom. The Morgan fingerprint density at radius 2 is 1.58 bits per heavy atom. The Hall–Kier alpha value is 0.0300. The molecule has 4 nitrogen and oxygen atoms in total. The van der Waals surface area contributed by atoms with Crippen molar-refractivity contribution in [2.75, 3.05) is 13.1 Å². The molecule has 0 aromatic carbocycles. The average Bonchev–Trinajstić information content (AvgIpc) is 1.93. The molecule has 1 atom stereocenters. The summed E-state index contributed by atoms with van der Waals surface area (Å²) in [6.07, 6.45) is 5.65. The van der Waals surface area contributed by atoms with Crippen molar-refractivity contribution in [1.29, 1.82) is 0 Å². The van der Waals surface area contributed by atoms with Crippen LogP contribution in [0.15, 0.2) is 0 Å². The van der Waals surface area contributed by atoms with E-state index >= 15 is 0 Å². The van der Waals surface area contributed by atoms with Gasteiger partial charge in [0.2, 0.25) is 0 Å². The van der Waals surface area contributed by atoms with Crippen LogP contribution in [0.1, 0.15) is 32.1 Å². The topological polar surface area (TPSA) is 52.6 Å². The molecule has 0 spiro atoms. The normalized spacial score (nSPS) is 24.4. The summed E-state index contributed by atoms with van der Waals surface area (Å²) in [6.45, 7) is 1.46. The van der Waals surface area contributed by atoms with Gasteiger partial charge in [-0.1, -0.05) is 19.3 Å². The van der Waals surface area contributed by atoms with Gasteiger partial charge in [0.05, 0.1) is 0 Å². The van der Waals surface area contributed by atoms with Crippen molar-refractivity contribution in [1.82, 2.24) is 5.06 Å². The zero-order valence-corrected chi connectivity index (χ0v) is 7.85. The van der Waals surface area contributed by atoms with Crippen LogP contribution >= 0.6 is 0 Å². The lowest BCUT2D eigenvalue weighted by Gasteiger charge is -2.23. The predicted octanol–water partition coefficient (Wildman–Crippen LogP) is 0.978. The largest absolute Gasteiger partial charge is 0.748 e. The summed E-state index contributed by atoms with van der Waals surface area (Å²) in [5, 5.41) is 1.53. The van der Waals surface area contributed by atoms with Crippen LogP contribution in [-0.2, 0) is 15.6 Å². The highest BCUT2D eigenvalue weighted by Gasteiger charge is 2.08.